The van der Waals surface area contributed by atoms with E-state index in [1.807, 2.05) is 0 Å². The third kappa shape index (κ3) is 5.85. The van der Waals surface area contributed by atoms with Gasteiger partial charge in [-0.15, -0.1) is 11.3 Å². The molecule has 7 heteroatoms. The summed E-state index contributed by atoms with van der Waals surface area (Å²) in [4.78, 5) is 10.1. The van der Waals surface area contributed by atoms with Gasteiger partial charge in [0.2, 0.25) is 5.89 Å². The van der Waals surface area contributed by atoms with Crippen LogP contribution in [-0.4, -0.2) is 36.2 Å². The maximum Gasteiger partial charge on any atom is 0.226 e. The van der Waals surface area contributed by atoms with E-state index >= 15 is 0 Å². The lowest BCUT2D eigenvalue weighted by Gasteiger charge is -2.25. The third-order valence-corrected chi connectivity index (χ3v) is 5.21. The summed E-state index contributed by atoms with van der Waals surface area (Å²) in [5.41, 5.74) is 0.0722. The highest BCUT2D eigenvalue weighted by Crippen LogP contribution is 2.26. The minimum absolute atomic E-state index is 0.0722. The van der Waals surface area contributed by atoms with Gasteiger partial charge in [0, 0.05) is 42.8 Å². The first-order valence-corrected chi connectivity index (χ1v) is 9.61. The normalized spacial score (nSPS) is 12.6. The Morgan fingerprint density at radius 3 is 2.76 bits per heavy atom. The number of thiophene rings is 1. The van der Waals surface area contributed by atoms with Gasteiger partial charge in [-0.2, -0.15) is 4.98 Å². The Hall–Kier alpha value is -1.89. The average Bonchev–Trinajstić information content (AvgIpc) is 3.26. The number of aryl methyl sites for hydroxylation is 1. The van der Waals surface area contributed by atoms with E-state index in [4.69, 9.17) is 4.52 Å². The standard InChI is InChI=1S/C18H29N5OS/c1-13(2)16-22-15(24-23-16)9-6-10-20-17(19-5)21-12-18(3,4)14-8-7-11-25-14/h7-8,11,13H,6,9-10,12H2,1-5H3,(H2,19,20,21). The van der Waals surface area contributed by atoms with Crippen molar-refractivity contribution in [2.24, 2.45) is 4.99 Å². The molecule has 0 amide bonds. The largest absolute Gasteiger partial charge is 0.356 e. The van der Waals surface area contributed by atoms with Crippen molar-refractivity contribution in [3.05, 3.63) is 34.1 Å². The second kappa shape index (κ2) is 8.99. The van der Waals surface area contributed by atoms with Gasteiger partial charge in [-0.05, 0) is 17.9 Å². The van der Waals surface area contributed by atoms with Crippen molar-refractivity contribution in [3.63, 3.8) is 0 Å². The van der Waals surface area contributed by atoms with Crippen LogP contribution in [0, 0.1) is 0 Å². The number of hydrogen-bond donors (Lipinski definition) is 2. The lowest BCUT2D eigenvalue weighted by molar-refractivity contribution is 0.368. The van der Waals surface area contributed by atoms with Gasteiger partial charge >= 0.3 is 0 Å². The highest BCUT2D eigenvalue weighted by molar-refractivity contribution is 7.10. The maximum absolute atomic E-state index is 5.26. The summed E-state index contributed by atoms with van der Waals surface area (Å²) in [6.45, 7) is 10.2. The molecule has 0 aliphatic carbocycles. The van der Waals surface area contributed by atoms with E-state index < -0.39 is 0 Å². The fourth-order valence-corrected chi connectivity index (χ4v) is 3.18. The SMILES string of the molecule is CN=C(NCCCc1nc(C(C)C)no1)NCC(C)(C)c1cccs1. The number of aromatic nitrogens is 2. The van der Waals surface area contributed by atoms with Gasteiger partial charge in [-0.1, -0.05) is 38.9 Å². The Labute approximate surface area is 154 Å². The van der Waals surface area contributed by atoms with E-state index in [1.165, 1.54) is 4.88 Å². The Bertz CT molecular complexity index is 661. The van der Waals surface area contributed by atoms with Gasteiger partial charge in [-0.3, -0.25) is 4.99 Å². The summed E-state index contributed by atoms with van der Waals surface area (Å²) < 4.78 is 5.26. The zero-order chi connectivity index (χ0) is 18.3. The van der Waals surface area contributed by atoms with Crippen molar-refractivity contribution >= 4 is 17.3 Å². The molecule has 0 spiro atoms. The van der Waals surface area contributed by atoms with Crippen molar-refractivity contribution in [2.45, 2.75) is 51.9 Å². The molecule has 0 radical (unpaired) electrons. The predicted molar refractivity (Wildman–Crippen MR) is 103 cm³/mol. The summed E-state index contributed by atoms with van der Waals surface area (Å²) >= 11 is 1.79. The molecule has 0 atom stereocenters. The van der Waals surface area contributed by atoms with Crippen LogP contribution in [-0.2, 0) is 11.8 Å². The fraction of sp³-hybridized carbons (Fsp3) is 0.611. The van der Waals surface area contributed by atoms with Crippen LogP contribution in [0.5, 0.6) is 0 Å². The molecule has 138 valence electrons. The van der Waals surface area contributed by atoms with Gasteiger partial charge in [0.25, 0.3) is 0 Å². The molecule has 0 unspecified atom stereocenters. The number of hydrogen-bond acceptors (Lipinski definition) is 5. The van der Waals surface area contributed by atoms with Crippen molar-refractivity contribution in [2.75, 3.05) is 20.1 Å². The van der Waals surface area contributed by atoms with Crippen LogP contribution in [0.15, 0.2) is 27.0 Å². The summed E-state index contributed by atoms with van der Waals surface area (Å²) in [5, 5.41) is 12.9. The molecule has 6 nitrogen and oxygen atoms in total. The van der Waals surface area contributed by atoms with E-state index in [9.17, 15) is 0 Å². The fourth-order valence-electron chi connectivity index (χ4n) is 2.33. The molecular weight excluding hydrogens is 334 g/mol. The van der Waals surface area contributed by atoms with Crippen LogP contribution in [0.2, 0.25) is 0 Å². The molecule has 2 heterocycles. The highest BCUT2D eigenvalue weighted by atomic mass is 32.1. The number of rotatable bonds is 8. The molecule has 0 bridgehead atoms. The monoisotopic (exact) mass is 363 g/mol. The van der Waals surface area contributed by atoms with Crippen molar-refractivity contribution in [1.82, 2.24) is 20.8 Å². The van der Waals surface area contributed by atoms with Crippen molar-refractivity contribution < 1.29 is 4.52 Å². The summed E-state index contributed by atoms with van der Waals surface area (Å²) in [5.74, 6) is 2.59. The summed E-state index contributed by atoms with van der Waals surface area (Å²) in [6, 6.07) is 4.27. The van der Waals surface area contributed by atoms with Crippen LogP contribution in [0.4, 0.5) is 0 Å². The molecule has 0 saturated heterocycles. The minimum Gasteiger partial charge on any atom is -0.356 e. The minimum atomic E-state index is 0.0722. The Balaban J connectivity index is 1.71. The molecule has 0 aliphatic heterocycles. The summed E-state index contributed by atoms with van der Waals surface area (Å²) in [7, 11) is 1.79. The smallest absolute Gasteiger partial charge is 0.226 e. The summed E-state index contributed by atoms with van der Waals surface area (Å²) in [6.07, 6.45) is 1.68. The number of guanidine groups is 1. The number of aliphatic imine (C=N–C) groups is 1. The molecule has 0 aliphatic rings. The van der Waals surface area contributed by atoms with E-state index in [0.29, 0.717) is 11.8 Å². The molecule has 0 fully saturated rings. The van der Waals surface area contributed by atoms with E-state index in [1.54, 1.807) is 18.4 Å². The van der Waals surface area contributed by atoms with Crippen molar-refractivity contribution in [3.8, 4) is 0 Å². The molecule has 0 saturated carbocycles. The number of nitrogens with zero attached hydrogens (tertiary/aromatic N) is 3. The van der Waals surface area contributed by atoms with Crippen LogP contribution in [0.25, 0.3) is 0 Å². The second-order valence-electron chi connectivity index (χ2n) is 7.02. The Morgan fingerprint density at radius 2 is 2.16 bits per heavy atom. The average molecular weight is 364 g/mol. The van der Waals surface area contributed by atoms with Gasteiger partial charge in [0.1, 0.15) is 0 Å². The predicted octanol–water partition coefficient (Wildman–Crippen LogP) is 3.33. The lowest BCUT2D eigenvalue weighted by atomic mass is 9.91. The van der Waals surface area contributed by atoms with E-state index in [0.717, 1.165) is 37.7 Å². The first-order chi connectivity index (χ1) is 11.9. The van der Waals surface area contributed by atoms with E-state index in [-0.39, 0.29) is 5.41 Å². The van der Waals surface area contributed by atoms with Crippen LogP contribution >= 0.6 is 11.3 Å². The molecular formula is C18H29N5OS. The second-order valence-corrected chi connectivity index (χ2v) is 7.97. The molecule has 2 N–H and O–H groups in total. The first kappa shape index (κ1) is 19.4. The van der Waals surface area contributed by atoms with Crippen LogP contribution in [0.3, 0.4) is 0 Å². The lowest BCUT2D eigenvalue weighted by Crippen LogP contribution is -2.43. The zero-order valence-electron chi connectivity index (χ0n) is 15.8. The first-order valence-electron chi connectivity index (χ1n) is 8.73. The zero-order valence-corrected chi connectivity index (χ0v) is 16.6. The van der Waals surface area contributed by atoms with Gasteiger partial charge in [0.15, 0.2) is 11.8 Å². The molecule has 2 aromatic rings. The van der Waals surface area contributed by atoms with E-state index in [2.05, 4.69) is 71.0 Å². The molecule has 2 rings (SSSR count). The topological polar surface area (TPSA) is 75.3 Å². The Morgan fingerprint density at radius 1 is 1.36 bits per heavy atom. The third-order valence-electron chi connectivity index (χ3n) is 3.97. The molecule has 25 heavy (non-hydrogen) atoms. The van der Waals surface area contributed by atoms with Gasteiger partial charge < -0.3 is 15.2 Å². The van der Waals surface area contributed by atoms with Crippen LogP contribution < -0.4 is 10.6 Å². The van der Waals surface area contributed by atoms with Crippen LogP contribution in [0.1, 0.15) is 56.6 Å². The Kier molecular flexibility index (Phi) is 6.99. The highest BCUT2D eigenvalue weighted by Gasteiger charge is 2.21. The maximum atomic E-state index is 5.26. The molecule has 0 aromatic carbocycles. The van der Waals surface area contributed by atoms with Crippen molar-refractivity contribution in [1.29, 1.82) is 0 Å². The van der Waals surface area contributed by atoms with Gasteiger partial charge in [0.05, 0.1) is 0 Å². The quantitative estimate of drug-likeness (QED) is 0.427. The van der Waals surface area contributed by atoms with Gasteiger partial charge in [-0.25, -0.2) is 0 Å². The number of nitrogens with one attached hydrogen (secondary N) is 2. The molecule has 2 aromatic heterocycles.